The van der Waals surface area contributed by atoms with Crippen molar-refractivity contribution in [3.63, 3.8) is 0 Å². The smallest absolute Gasteiger partial charge is 0.166 e. The molecule has 5 heteroatoms. The first kappa shape index (κ1) is 37.6. The summed E-state index contributed by atoms with van der Waals surface area (Å²) in [4.78, 5) is 16.5. The monoisotopic (exact) mass is 821 g/mol. The number of aryl methyl sites for hydroxylation is 2. The van der Waals surface area contributed by atoms with Crippen molar-refractivity contribution in [2.45, 2.75) is 26.7 Å². The Morgan fingerprint density at radius 2 is 0.812 bits per heavy atom. The second kappa shape index (κ2) is 15.3. The molecule has 0 saturated heterocycles. The molecule has 0 fully saturated rings. The molecule has 11 aromatic rings. The van der Waals surface area contributed by atoms with E-state index in [1.54, 1.807) is 0 Å². The third-order valence-corrected chi connectivity index (χ3v) is 13.0. The number of rotatable bonds is 7. The first-order chi connectivity index (χ1) is 31.6. The van der Waals surface area contributed by atoms with E-state index >= 15 is 0 Å². The van der Waals surface area contributed by atoms with Crippen LogP contribution in [-0.2, 0) is 6.42 Å². The first-order valence-electron chi connectivity index (χ1n) is 22.1. The maximum atomic E-state index is 5.64. The van der Waals surface area contributed by atoms with Crippen molar-refractivity contribution in [3.8, 4) is 67.8 Å². The van der Waals surface area contributed by atoms with Crippen molar-refractivity contribution in [3.05, 3.63) is 217 Å². The van der Waals surface area contributed by atoms with Crippen LogP contribution in [0.5, 0.6) is 0 Å². The predicted octanol–water partition coefficient (Wildman–Crippen LogP) is 14.8. The maximum Gasteiger partial charge on any atom is 0.166 e. The highest BCUT2D eigenvalue weighted by atomic mass is 15.1. The van der Waals surface area contributed by atoms with Gasteiger partial charge in [-0.05, 0) is 79.3 Å². The van der Waals surface area contributed by atoms with Crippen LogP contribution < -0.4 is 0 Å². The fourth-order valence-corrected chi connectivity index (χ4v) is 10.0. The number of allylic oxidation sites excluding steroid dienone is 1. The largest absolute Gasteiger partial charge is 0.312 e. The van der Waals surface area contributed by atoms with E-state index < -0.39 is 0 Å². The molecular formula is C59H43N5. The van der Waals surface area contributed by atoms with E-state index in [4.69, 9.17) is 15.0 Å². The Labute approximate surface area is 372 Å². The number of hydrogen-bond donors (Lipinski definition) is 0. The van der Waals surface area contributed by atoms with Gasteiger partial charge in [-0.2, -0.15) is 0 Å². The third kappa shape index (κ3) is 6.04. The number of hydrogen-bond acceptors (Lipinski definition) is 3. The van der Waals surface area contributed by atoms with E-state index in [2.05, 4.69) is 217 Å². The predicted molar refractivity (Wildman–Crippen MR) is 265 cm³/mol. The summed E-state index contributed by atoms with van der Waals surface area (Å²) in [5.74, 6) is 1.83. The molecule has 304 valence electrons. The molecule has 0 atom stereocenters. The summed E-state index contributed by atoms with van der Waals surface area (Å²) in [6.45, 7) is 4.39. The van der Waals surface area contributed by atoms with Gasteiger partial charge >= 0.3 is 0 Å². The molecule has 1 aliphatic rings. The molecule has 0 amide bonds. The number of benzene rings is 8. The van der Waals surface area contributed by atoms with Crippen molar-refractivity contribution >= 4 is 38.8 Å². The van der Waals surface area contributed by atoms with E-state index in [1.165, 1.54) is 49.6 Å². The highest BCUT2D eigenvalue weighted by Crippen LogP contribution is 2.45. The average molecular weight is 822 g/mol. The third-order valence-electron chi connectivity index (χ3n) is 13.0. The Bertz CT molecular complexity index is 3590. The molecule has 5 nitrogen and oxygen atoms in total. The lowest BCUT2D eigenvalue weighted by Gasteiger charge is -2.22. The summed E-state index contributed by atoms with van der Waals surface area (Å²) in [6.07, 6.45) is 6.51. The molecule has 0 N–H and O–H groups in total. The molecule has 8 aromatic carbocycles. The minimum Gasteiger partial charge on any atom is -0.312 e. The minimum absolute atomic E-state index is 0.603. The summed E-state index contributed by atoms with van der Waals surface area (Å²) in [5.41, 5.74) is 17.8. The van der Waals surface area contributed by atoms with Gasteiger partial charge in [-0.15, -0.1) is 0 Å². The lowest BCUT2D eigenvalue weighted by molar-refractivity contribution is 0.888. The molecule has 3 aromatic heterocycles. The molecule has 0 aliphatic heterocycles. The molecule has 0 saturated carbocycles. The maximum absolute atomic E-state index is 5.64. The zero-order valence-electron chi connectivity index (χ0n) is 35.7. The van der Waals surface area contributed by atoms with Crippen LogP contribution in [0.3, 0.4) is 0 Å². The first-order valence-corrected chi connectivity index (χ1v) is 22.1. The quantitative estimate of drug-likeness (QED) is 0.161. The van der Waals surface area contributed by atoms with Crippen molar-refractivity contribution in [1.82, 2.24) is 24.1 Å². The Morgan fingerprint density at radius 1 is 0.375 bits per heavy atom. The fourth-order valence-electron chi connectivity index (χ4n) is 10.0. The molecule has 0 unspecified atom stereocenters. The number of para-hydroxylation sites is 5. The zero-order chi connectivity index (χ0) is 42.7. The second-order valence-corrected chi connectivity index (χ2v) is 16.7. The van der Waals surface area contributed by atoms with Gasteiger partial charge in [-0.25, -0.2) is 15.0 Å². The lowest BCUT2D eigenvalue weighted by atomic mass is 9.95. The number of aromatic nitrogens is 5. The molecular weight excluding hydrogens is 779 g/mol. The summed E-state index contributed by atoms with van der Waals surface area (Å²) < 4.78 is 4.92. The van der Waals surface area contributed by atoms with Crippen molar-refractivity contribution in [2.24, 2.45) is 0 Å². The van der Waals surface area contributed by atoms with Gasteiger partial charge in [0, 0.05) is 55.2 Å². The van der Waals surface area contributed by atoms with Gasteiger partial charge < -0.3 is 9.13 Å². The van der Waals surface area contributed by atoms with Gasteiger partial charge in [0.15, 0.2) is 17.5 Å². The molecule has 3 heterocycles. The second-order valence-electron chi connectivity index (χ2n) is 16.7. The Morgan fingerprint density at radius 3 is 1.39 bits per heavy atom. The van der Waals surface area contributed by atoms with Gasteiger partial charge in [0.2, 0.25) is 0 Å². The normalized spacial score (nSPS) is 12.3. The van der Waals surface area contributed by atoms with Gasteiger partial charge in [0.1, 0.15) is 0 Å². The van der Waals surface area contributed by atoms with Crippen LogP contribution in [0.4, 0.5) is 0 Å². The summed E-state index contributed by atoms with van der Waals surface area (Å²) in [5, 5.41) is 3.63. The van der Waals surface area contributed by atoms with Crippen molar-refractivity contribution in [1.29, 1.82) is 0 Å². The minimum atomic E-state index is 0.603. The summed E-state index contributed by atoms with van der Waals surface area (Å²) in [7, 11) is 0. The van der Waals surface area contributed by atoms with Crippen molar-refractivity contribution < 1.29 is 0 Å². The number of fused-ring (bicyclic) bond motifs is 6. The molecule has 64 heavy (non-hydrogen) atoms. The standard InChI is InChI=1S/C59H43N5/c1-38-20-6-8-24-41(38)47-30-18-32-49(55(47)63-51-34-14-10-26-43(51)44-27-11-15-35-52(44)63)58-60-57(40-22-4-3-5-23-40)61-59(62-58)50-33-19-31-48(42-25-9-7-21-39(42)2)56(50)64-53-36-16-12-28-45(53)46-29-13-17-37-54(46)64/h3-16,18-36H,17,37H2,1-2H3. The molecule has 0 spiro atoms. The van der Waals surface area contributed by atoms with E-state index in [1.807, 2.05) is 6.07 Å². The fraction of sp³-hybridized carbons (Fsp3) is 0.0678. The summed E-state index contributed by atoms with van der Waals surface area (Å²) >= 11 is 0. The van der Waals surface area contributed by atoms with Gasteiger partial charge in [-0.1, -0.05) is 170 Å². The van der Waals surface area contributed by atoms with Gasteiger partial charge in [0.05, 0.1) is 27.9 Å². The van der Waals surface area contributed by atoms with Crippen LogP contribution in [0.25, 0.3) is 107 Å². The van der Waals surface area contributed by atoms with Crippen LogP contribution >= 0.6 is 0 Å². The number of nitrogens with zero attached hydrogens (tertiary/aromatic N) is 5. The lowest BCUT2D eigenvalue weighted by Crippen LogP contribution is -2.09. The highest BCUT2D eigenvalue weighted by Gasteiger charge is 2.27. The molecule has 0 bridgehead atoms. The van der Waals surface area contributed by atoms with Crippen LogP contribution in [0.1, 0.15) is 28.8 Å². The van der Waals surface area contributed by atoms with Gasteiger partial charge in [0.25, 0.3) is 0 Å². The van der Waals surface area contributed by atoms with E-state index in [-0.39, 0.29) is 0 Å². The van der Waals surface area contributed by atoms with Crippen LogP contribution in [0.2, 0.25) is 0 Å². The van der Waals surface area contributed by atoms with Crippen LogP contribution in [0, 0.1) is 13.8 Å². The highest BCUT2D eigenvalue weighted by molar-refractivity contribution is 6.10. The Hall–Kier alpha value is -8.15. The molecule has 0 radical (unpaired) electrons. The molecule has 1 aliphatic carbocycles. The Balaban J connectivity index is 1.21. The van der Waals surface area contributed by atoms with E-state index in [9.17, 15) is 0 Å². The topological polar surface area (TPSA) is 48.5 Å². The van der Waals surface area contributed by atoms with Crippen molar-refractivity contribution in [2.75, 3.05) is 0 Å². The average Bonchev–Trinajstić information content (AvgIpc) is 3.87. The van der Waals surface area contributed by atoms with E-state index in [0.717, 1.165) is 68.6 Å². The van der Waals surface area contributed by atoms with Crippen LogP contribution in [-0.4, -0.2) is 24.1 Å². The summed E-state index contributed by atoms with van der Waals surface area (Å²) in [6, 6.07) is 67.1. The van der Waals surface area contributed by atoms with Crippen LogP contribution in [0.15, 0.2) is 194 Å². The van der Waals surface area contributed by atoms with Gasteiger partial charge in [-0.3, -0.25) is 0 Å². The Kier molecular flexibility index (Phi) is 9.01. The van der Waals surface area contributed by atoms with E-state index in [0.29, 0.717) is 17.5 Å². The SMILES string of the molecule is Cc1ccccc1-c1cccc(-c2nc(-c3ccccc3)nc(-c3cccc(-c4ccccc4C)c3-n3c4ccccc4c4ccccc43)n2)c1-n1c2c(c3ccccc31)C=CCC2. The zero-order valence-corrected chi connectivity index (χ0v) is 35.7. The molecule has 12 rings (SSSR count).